The van der Waals surface area contributed by atoms with E-state index in [2.05, 4.69) is 4.98 Å². The molecule has 1 atom stereocenters. The van der Waals surface area contributed by atoms with Gasteiger partial charge in [-0.25, -0.2) is 0 Å². The van der Waals surface area contributed by atoms with Crippen LogP contribution < -0.4 is 0 Å². The van der Waals surface area contributed by atoms with Crippen LogP contribution in [0.1, 0.15) is 23.7 Å². The van der Waals surface area contributed by atoms with Crippen molar-refractivity contribution in [2.24, 2.45) is 0 Å². The first-order valence-corrected chi connectivity index (χ1v) is 8.84. The Kier molecular flexibility index (Phi) is 5.98. The van der Waals surface area contributed by atoms with Crippen molar-refractivity contribution in [3.8, 4) is 0 Å². The second kappa shape index (κ2) is 8.60. The Morgan fingerprint density at radius 1 is 1.19 bits per heavy atom. The summed E-state index contributed by atoms with van der Waals surface area (Å²) in [5.74, 6) is -1.30. The van der Waals surface area contributed by atoms with E-state index in [9.17, 15) is 14.7 Å². The molecule has 3 rings (SSSR count). The first kappa shape index (κ1) is 18.8. The van der Waals surface area contributed by atoms with Gasteiger partial charge in [0.1, 0.15) is 6.04 Å². The third-order valence-corrected chi connectivity index (χ3v) is 4.59. The number of methoxy groups -OCH3 is 1. The summed E-state index contributed by atoms with van der Waals surface area (Å²) in [5.41, 5.74) is 1.70. The summed E-state index contributed by atoms with van der Waals surface area (Å²) in [5, 5.41) is 10.4. The number of aliphatic hydroxyl groups is 1. The van der Waals surface area contributed by atoms with Crippen LogP contribution in [0, 0.1) is 0 Å². The van der Waals surface area contributed by atoms with Gasteiger partial charge in [-0.2, -0.15) is 0 Å². The van der Waals surface area contributed by atoms with E-state index in [1.165, 1.54) is 12.0 Å². The molecule has 1 aliphatic rings. The second-order valence-corrected chi connectivity index (χ2v) is 6.32. The van der Waals surface area contributed by atoms with E-state index in [0.717, 1.165) is 5.56 Å². The molecule has 0 aliphatic carbocycles. The number of ketones is 1. The summed E-state index contributed by atoms with van der Waals surface area (Å²) >= 11 is 0. The third kappa shape index (κ3) is 4.06. The largest absolute Gasteiger partial charge is 0.503 e. The van der Waals surface area contributed by atoms with Crippen LogP contribution in [0.5, 0.6) is 0 Å². The van der Waals surface area contributed by atoms with E-state index in [1.54, 1.807) is 24.4 Å². The van der Waals surface area contributed by atoms with Crippen molar-refractivity contribution < 1.29 is 19.4 Å². The molecule has 6 nitrogen and oxygen atoms in total. The Labute approximate surface area is 158 Å². The summed E-state index contributed by atoms with van der Waals surface area (Å²) < 4.78 is 5.07. The van der Waals surface area contributed by atoms with E-state index in [4.69, 9.17) is 4.74 Å². The van der Waals surface area contributed by atoms with Crippen molar-refractivity contribution in [2.75, 3.05) is 20.3 Å². The quantitative estimate of drug-likeness (QED) is 0.777. The highest BCUT2D eigenvalue weighted by Gasteiger charge is 2.43. The summed E-state index contributed by atoms with van der Waals surface area (Å²) in [6.07, 6.45) is 2.35. The summed E-state index contributed by atoms with van der Waals surface area (Å²) in [6, 6.07) is 14.3. The van der Waals surface area contributed by atoms with Crippen LogP contribution in [-0.2, 0) is 20.7 Å². The van der Waals surface area contributed by atoms with Gasteiger partial charge in [0.2, 0.25) is 0 Å². The molecule has 1 aliphatic heterocycles. The molecule has 140 valence electrons. The lowest BCUT2D eigenvalue weighted by Gasteiger charge is -2.25. The molecular formula is C21H22N2O4. The normalized spacial score (nSPS) is 16.9. The Bertz CT molecular complexity index is 834. The highest BCUT2D eigenvalue weighted by atomic mass is 16.5. The van der Waals surface area contributed by atoms with Gasteiger partial charge in [0.05, 0.1) is 17.9 Å². The average molecular weight is 366 g/mol. The predicted octanol–water partition coefficient (Wildman–Crippen LogP) is 2.63. The highest BCUT2D eigenvalue weighted by Crippen LogP contribution is 2.37. The molecule has 1 aromatic heterocycles. The van der Waals surface area contributed by atoms with Crippen LogP contribution in [-0.4, -0.2) is 46.9 Å². The molecule has 0 radical (unpaired) electrons. The summed E-state index contributed by atoms with van der Waals surface area (Å²) in [7, 11) is 1.54. The van der Waals surface area contributed by atoms with Gasteiger partial charge >= 0.3 is 0 Å². The molecule has 0 fully saturated rings. The first-order chi connectivity index (χ1) is 13.1. The fourth-order valence-corrected chi connectivity index (χ4v) is 3.24. The number of aryl methyl sites for hydroxylation is 1. The number of nitrogens with zero attached hydrogens (tertiary/aromatic N) is 2. The molecule has 1 amide bonds. The minimum Gasteiger partial charge on any atom is -0.503 e. The van der Waals surface area contributed by atoms with Crippen LogP contribution in [0.25, 0.3) is 0 Å². The lowest BCUT2D eigenvalue weighted by molar-refractivity contribution is -0.130. The maximum Gasteiger partial charge on any atom is 0.290 e. The van der Waals surface area contributed by atoms with Crippen LogP contribution in [0.3, 0.4) is 0 Å². The standard InChI is InChI=1S/C21H22N2O4/c1-27-14-13-23-19(16-9-5-6-12-22-16)18(20(25)21(23)26)17(24)11-10-15-7-3-2-4-8-15/h2-9,12,19,25H,10-11,13-14H2,1H3. The van der Waals surface area contributed by atoms with Gasteiger partial charge in [0.25, 0.3) is 5.91 Å². The van der Waals surface area contributed by atoms with Gasteiger partial charge in [-0.05, 0) is 24.1 Å². The van der Waals surface area contributed by atoms with Gasteiger partial charge in [-0.1, -0.05) is 36.4 Å². The van der Waals surface area contributed by atoms with Crippen molar-refractivity contribution in [2.45, 2.75) is 18.9 Å². The summed E-state index contributed by atoms with van der Waals surface area (Å²) in [4.78, 5) is 31.2. The van der Waals surface area contributed by atoms with Gasteiger partial charge in [-0.15, -0.1) is 0 Å². The lowest BCUT2D eigenvalue weighted by atomic mass is 9.96. The minimum absolute atomic E-state index is 0.116. The van der Waals surface area contributed by atoms with Crippen molar-refractivity contribution in [3.63, 3.8) is 0 Å². The number of rotatable bonds is 8. The number of amides is 1. The smallest absolute Gasteiger partial charge is 0.290 e. The fourth-order valence-electron chi connectivity index (χ4n) is 3.24. The fraction of sp³-hybridized carbons (Fsp3) is 0.286. The van der Waals surface area contributed by atoms with Crippen molar-refractivity contribution >= 4 is 11.7 Å². The monoisotopic (exact) mass is 366 g/mol. The van der Waals surface area contributed by atoms with Crippen LogP contribution >= 0.6 is 0 Å². The van der Waals surface area contributed by atoms with Crippen molar-refractivity contribution in [3.05, 3.63) is 77.3 Å². The number of benzene rings is 1. The van der Waals surface area contributed by atoms with Crippen molar-refractivity contribution in [1.29, 1.82) is 0 Å². The van der Waals surface area contributed by atoms with Gasteiger partial charge in [-0.3, -0.25) is 14.6 Å². The minimum atomic E-state index is -0.697. The van der Waals surface area contributed by atoms with Crippen LogP contribution in [0.4, 0.5) is 0 Å². The molecule has 27 heavy (non-hydrogen) atoms. The number of Topliss-reactive ketones (excluding diaryl/α,β-unsaturated/α-hetero) is 1. The Morgan fingerprint density at radius 3 is 2.59 bits per heavy atom. The number of aliphatic hydroxyl groups excluding tert-OH is 1. The molecule has 1 N–H and O–H groups in total. The Morgan fingerprint density at radius 2 is 1.93 bits per heavy atom. The average Bonchev–Trinajstić information content (AvgIpc) is 2.96. The zero-order chi connectivity index (χ0) is 19.2. The molecule has 2 aromatic rings. The number of hydrogen-bond donors (Lipinski definition) is 1. The first-order valence-electron chi connectivity index (χ1n) is 8.84. The highest BCUT2D eigenvalue weighted by molar-refractivity contribution is 6.08. The molecule has 1 aromatic carbocycles. The predicted molar refractivity (Wildman–Crippen MR) is 100.0 cm³/mol. The Balaban J connectivity index is 1.87. The topological polar surface area (TPSA) is 79.7 Å². The number of carbonyl (C=O) groups excluding carboxylic acids is 2. The Hall–Kier alpha value is -2.99. The second-order valence-electron chi connectivity index (χ2n) is 6.32. The van der Waals surface area contributed by atoms with Gasteiger partial charge in [0, 0.05) is 26.3 Å². The number of pyridine rings is 1. The van der Waals surface area contributed by atoms with E-state index in [1.807, 2.05) is 30.3 Å². The molecule has 0 saturated carbocycles. The van der Waals surface area contributed by atoms with Crippen molar-refractivity contribution in [1.82, 2.24) is 9.88 Å². The van der Waals surface area contributed by atoms with Gasteiger partial charge < -0.3 is 14.7 Å². The number of ether oxygens (including phenoxy) is 1. The number of hydrogen-bond acceptors (Lipinski definition) is 5. The van der Waals surface area contributed by atoms with E-state index in [-0.39, 0.29) is 24.3 Å². The van der Waals surface area contributed by atoms with Crippen LogP contribution in [0.2, 0.25) is 0 Å². The molecule has 6 heteroatoms. The summed E-state index contributed by atoms with van der Waals surface area (Å²) in [6.45, 7) is 0.559. The molecule has 1 unspecified atom stereocenters. The zero-order valence-corrected chi connectivity index (χ0v) is 15.2. The van der Waals surface area contributed by atoms with Crippen LogP contribution in [0.15, 0.2) is 66.1 Å². The van der Waals surface area contributed by atoms with E-state index >= 15 is 0 Å². The van der Waals surface area contributed by atoms with E-state index in [0.29, 0.717) is 18.7 Å². The van der Waals surface area contributed by atoms with E-state index < -0.39 is 17.7 Å². The molecular weight excluding hydrogens is 344 g/mol. The lowest BCUT2D eigenvalue weighted by Crippen LogP contribution is -2.34. The maximum absolute atomic E-state index is 12.9. The zero-order valence-electron chi connectivity index (χ0n) is 15.2. The number of carbonyl (C=O) groups is 2. The maximum atomic E-state index is 12.9. The van der Waals surface area contributed by atoms with Gasteiger partial charge in [0.15, 0.2) is 11.5 Å². The molecule has 0 spiro atoms. The molecule has 2 heterocycles. The third-order valence-electron chi connectivity index (χ3n) is 4.59. The SMILES string of the molecule is COCCN1C(=O)C(O)=C(C(=O)CCc2ccccc2)C1c1ccccn1. The molecule has 0 bridgehead atoms. The molecule has 0 saturated heterocycles. The number of aromatic nitrogens is 1.